The second-order valence-corrected chi connectivity index (χ2v) is 14.8. The summed E-state index contributed by atoms with van der Waals surface area (Å²) in [5, 5.41) is 9.69. The average molecular weight is 710 g/mol. The molecule has 8 rings (SSSR count). The SMILES string of the molecule is CC(OC1(F)C=CC=CC1C(=O)Nc1cc2[nH]c([C@H]3CCCN3C)cc2cn1)C1CCNC(c2cccc3c2CN([C@@H]2CCC(=O)NC2=O)C3=O)C1. The number of amides is 4. The van der Waals surface area contributed by atoms with Gasteiger partial charge >= 0.3 is 0 Å². The van der Waals surface area contributed by atoms with Gasteiger partial charge in [0.05, 0.1) is 11.6 Å². The van der Waals surface area contributed by atoms with E-state index in [0.717, 1.165) is 53.5 Å². The third kappa shape index (κ3) is 6.35. The number of nitrogens with one attached hydrogen (secondary N) is 4. The fraction of sp³-hybridized carbons (Fsp3) is 0.462. The predicted octanol–water partition coefficient (Wildman–Crippen LogP) is 4.58. The minimum atomic E-state index is -2.38. The number of benzene rings is 1. The molecule has 13 heteroatoms. The molecule has 4 amide bonds. The number of aromatic amines is 1. The van der Waals surface area contributed by atoms with Crippen molar-refractivity contribution in [3.8, 4) is 0 Å². The van der Waals surface area contributed by atoms with Crippen molar-refractivity contribution < 1.29 is 28.3 Å². The van der Waals surface area contributed by atoms with Gasteiger partial charge in [0.2, 0.25) is 23.6 Å². The molecule has 5 unspecified atom stereocenters. The molecule has 3 aromatic rings. The van der Waals surface area contributed by atoms with E-state index in [1.54, 1.807) is 35.4 Å². The van der Waals surface area contributed by atoms with Crippen LogP contribution in [0.5, 0.6) is 0 Å². The van der Waals surface area contributed by atoms with E-state index in [0.29, 0.717) is 36.8 Å². The predicted molar refractivity (Wildman–Crippen MR) is 191 cm³/mol. The fourth-order valence-electron chi connectivity index (χ4n) is 8.71. The van der Waals surface area contributed by atoms with Gasteiger partial charge in [0.25, 0.3) is 5.91 Å². The highest BCUT2D eigenvalue weighted by molar-refractivity contribution is 6.05. The van der Waals surface area contributed by atoms with E-state index in [9.17, 15) is 19.2 Å². The number of hydrogen-bond acceptors (Lipinski definition) is 8. The number of aromatic nitrogens is 2. The average Bonchev–Trinajstić information content (AvgIpc) is 3.84. The molecule has 2 aromatic heterocycles. The minimum Gasteiger partial charge on any atom is -0.357 e. The van der Waals surface area contributed by atoms with E-state index in [1.807, 2.05) is 19.1 Å². The van der Waals surface area contributed by atoms with Gasteiger partial charge in [-0.3, -0.25) is 29.4 Å². The molecule has 272 valence electrons. The van der Waals surface area contributed by atoms with Crippen molar-refractivity contribution in [1.82, 2.24) is 30.4 Å². The highest BCUT2D eigenvalue weighted by Gasteiger charge is 2.46. The van der Waals surface area contributed by atoms with Gasteiger partial charge in [0, 0.05) is 54.0 Å². The standard InChI is InChI=1S/C39H44FN7O5/c1-22(23-13-15-41-30(17-23)25-7-5-8-26-27(25)21-47(38(26)51)33-11-12-35(48)45-37(33)50)52-39(40)14-4-3-9-28(39)36(49)44-34-19-29-24(20-42-34)18-31(43-29)32-10-6-16-46(32)2/h3-5,7-9,14,18-20,22-23,28,30,32-33,41,43H,6,10-13,15-17,21H2,1-2H3,(H,42,44,49)(H,45,48,50)/t22?,23?,28?,30?,32-,33-,39?/m1/s1. The Morgan fingerprint density at radius 2 is 2.00 bits per heavy atom. The van der Waals surface area contributed by atoms with Crippen LogP contribution >= 0.6 is 0 Å². The Balaban J connectivity index is 0.939. The molecule has 3 fully saturated rings. The molecule has 0 radical (unpaired) electrons. The third-order valence-electron chi connectivity index (χ3n) is 11.6. The number of nitrogens with zero attached hydrogens (tertiary/aromatic N) is 3. The summed E-state index contributed by atoms with van der Waals surface area (Å²) < 4.78 is 23.0. The lowest BCUT2D eigenvalue weighted by Gasteiger charge is -2.39. The number of carbonyl (C=O) groups excluding carboxylic acids is 4. The maximum absolute atomic E-state index is 16.8. The summed E-state index contributed by atoms with van der Waals surface area (Å²) in [6.07, 6.45) is 11.3. The molecule has 52 heavy (non-hydrogen) atoms. The number of H-pyrrole nitrogens is 1. The molecule has 7 atom stereocenters. The topological polar surface area (TPSA) is 149 Å². The Kier molecular flexibility index (Phi) is 9.04. The first-order chi connectivity index (χ1) is 25.1. The Bertz CT molecular complexity index is 1990. The number of halogens is 1. The van der Waals surface area contributed by atoms with Crippen molar-refractivity contribution >= 4 is 40.3 Å². The van der Waals surface area contributed by atoms with Crippen molar-refractivity contribution in [2.75, 3.05) is 25.5 Å². The lowest BCUT2D eigenvalue weighted by atomic mass is 9.83. The number of hydrogen-bond donors (Lipinski definition) is 4. The van der Waals surface area contributed by atoms with E-state index >= 15 is 4.39 Å². The van der Waals surface area contributed by atoms with Gasteiger partial charge in [0.15, 0.2) is 0 Å². The molecule has 12 nitrogen and oxygen atoms in total. The Morgan fingerprint density at radius 3 is 2.81 bits per heavy atom. The summed E-state index contributed by atoms with van der Waals surface area (Å²) in [4.78, 5) is 63.2. The number of anilines is 1. The molecule has 1 aromatic carbocycles. The first kappa shape index (κ1) is 34.4. The third-order valence-corrected chi connectivity index (χ3v) is 11.6. The molecule has 4 aliphatic heterocycles. The van der Waals surface area contributed by atoms with Gasteiger partial charge in [-0.25, -0.2) is 9.37 Å². The number of likely N-dealkylation sites (tertiary alicyclic amines) is 1. The second-order valence-electron chi connectivity index (χ2n) is 14.8. The Labute approximate surface area is 301 Å². The monoisotopic (exact) mass is 709 g/mol. The van der Waals surface area contributed by atoms with Crippen LogP contribution in [-0.4, -0.2) is 81.5 Å². The first-order valence-electron chi connectivity index (χ1n) is 18.3. The van der Waals surface area contributed by atoms with Crippen LogP contribution in [0.25, 0.3) is 10.9 Å². The fourth-order valence-corrected chi connectivity index (χ4v) is 8.71. The number of rotatable bonds is 8. The summed E-state index contributed by atoms with van der Waals surface area (Å²) >= 11 is 0. The van der Waals surface area contributed by atoms with Crippen LogP contribution in [0.15, 0.2) is 60.8 Å². The zero-order valence-corrected chi connectivity index (χ0v) is 29.4. The van der Waals surface area contributed by atoms with E-state index in [-0.39, 0.29) is 36.7 Å². The highest BCUT2D eigenvalue weighted by Crippen LogP contribution is 2.40. The van der Waals surface area contributed by atoms with Crippen molar-refractivity contribution in [1.29, 1.82) is 0 Å². The number of allylic oxidation sites excluding steroid dienone is 2. The number of pyridine rings is 1. The van der Waals surface area contributed by atoms with Crippen LogP contribution < -0.4 is 16.0 Å². The molecular formula is C39H44FN7O5. The van der Waals surface area contributed by atoms with Gasteiger partial charge in [-0.05, 0) is 94.4 Å². The number of carbonyl (C=O) groups is 4. The quantitative estimate of drug-likeness (QED) is 0.249. The van der Waals surface area contributed by atoms with Crippen molar-refractivity contribution in [2.45, 2.75) is 82.1 Å². The molecule has 0 spiro atoms. The van der Waals surface area contributed by atoms with E-state index in [4.69, 9.17) is 4.74 Å². The zero-order chi connectivity index (χ0) is 36.1. The molecule has 5 aliphatic rings. The summed E-state index contributed by atoms with van der Waals surface area (Å²) in [7, 11) is 2.12. The van der Waals surface area contributed by atoms with Gasteiger partial charge in [-0.15, -0.1) is 0 Å². The molecular weight excluding hydrogens is 665 g/mol. The van der Waals surface area contributed by atoms with Crippen LogP contribution in [0.4, 0.5) is 10.2 Å². The lowest BCUT2D eigenvalue weighted by molar-refractivity contribution is -0.183. The normalized spacial score (nSPS) is 29.8. The smallest absolute Gasteiger partial charge is 0.255 e. The number of imide groups is 1. The maximum atomic E-state index is 16.8. The van der Waals surface area contributed by atoms with Crippen molar-refractivity contribution in [3.63, 3.8) is 0 Å². The Hall–Kier alpha value is -4.72. The molecule has 1 aliphatic carbocycles. The summed E-state index contributed by atoms with van der Waals surface area (Å²) in [6.45, 7) is 3.83. The second kappa shape index (κ2) is 13.7. The molecule has 0 saturated carbocycles. The molecule has 6 heterocycles. The first-order valence-corrected chi connectivity index (χ1v) is 18.3. The number of ether oxygens (including phenoxy) is 1. The van der Waals surface area contributed by atoms with Crippen LogP contribution in [0.1, 0.15) is 84.7 Å². The van der Waals surface area contributed by atoms with E-state index in [1.165, 1.54) is 12.2 Å². The van der Waals surface area contributed by atoms with E-state index in [2.05, 4.69) is 43.9 Å². The lowest BCUT2D eigenvalue weighted by Crippen LogP contribution is -2.52. The summed E-state index contributed by atoms with van der Waals surface area (Å²) in [5.74, 6) is -4.88. The van der Waals surface area contributed by atoms with Crippen molar-refractivity contribution in [2.24, 2.45) is 11.8 Å². The van der Waals surface area contributed by atoms with E-state index < -0.39 is 35.7 Å². The number of piperidine rings is 2. The summed E-state index contributed by atoms with van der Waals surface area (Å²) in [5.41, 5.74) is 4.34. The molecule has 4 N–H and O–H groups in total. The van der Waals surface area contributed by atoms with Crippen molar-refractivity contribution in [3.05, 3.63) is 83.2 Å². The van der Waals surface area contributed by atoms with Crippen LogP contribution in [-0.2, 0) is 25.7 Å². The van der Waals surface area contributed by atoms with Crippen LogP contribution in [0.2, 0.25) is 0 Å². The minimum absolute atomic E-state index is 0.0499. The summed E-state index contributed by atoms with van der Waals surface area (Å²) in [6, 6.07) is 8.99. The number of alkyl halides is 1. The maximum Gasteiger partial charge on any atom is 0.255 e. The van der Waals surface area contributed by atoms with Crippen LogP contribution in [0, 0.1) is 11.8 Å². The highest BCUT2D eigenvalue weighted by atomic mass is 19.2. The molecule has 3 saturated heterocycles. The zero-order valence-electron chi connectivity index (χ0n) is 29.4. The van der Waals surface area contributed by atoms with Gasteiger partial charge in [-0.2, -0.15) is 0 Å². The van der Waals surface area contributed by atoms with Gasteiger partial charge < -0.3 is 25.3 Å². The molecule has 0 bridgehead atoms. The van der Waals surface area contributed by atoms with Gasteiger partial charge in [-0.1, -0.05) is 30.4 Å². The Morgan fingerprint density at radius 1 is 1.13 bits per heavy atom. The largest absolute Gasteiger partial charge is 0.357 e. The van der Waals surface area contributed by atoms with Crippen LogP contribution in [0.3, 0.4) is 0 Å². The van der Waals surface area contributed by atoms with Gasteiger partial charge in [0.1, 0.15) is 17.8 Å². The number of fused-ring (bicyclic) bond motifs is 2.